The topological polar surface area (TPSA) is 41.8 Å². The molecule has 0 amide bonds. The van der Waals surface area contributed by atoms with Crippen LogP contribution >= 0.6 is 0 Å². The quantitative estimate of drug-likeness (QED) is 0.161. The van der Waals surface area contributed by atoms with Gasteiger partial charge in [0.2, 0.25) is 5.69 Å². The molecule has 3 aliphatic rings. The van der Waals surface area contributed by atoms with Crippen LogP contribution in [0.5, 0.6) is 0 Å². The van der Waals surface area contributed by atoms with Gasteiger partial charge in [-0.05, 0) is 116 Å². The molecule has 7 rings (SSSR count). The second-order valence-electron chi connectivity index (χ2n) is 16.0. The van der Waals surface area contributed by atoms with Crippen LogP contribution < -0.4 is 4.90 Å². The monoisotopic (exact) mass is 665 g/mol. The van der Waals surface area contributed by atoms with Gasteiger partial charge in [-0.3, -0.25) is 0 Å². The van der Waals surface area contributed by atoms with Gasteiger partial charge in [0.1, 0.15) is 18.4 Å². The molecule has 0 bridgehead atoms. The van der Waals surface area contributed by atoms with Gasteiger partial charge in [0.05, 0.1) is 5.41 Å². The number of likely N-dealkylation sites (N-methyl/N-ethyl adjacent to an activating group) is 1. The average Bonchev–Trinajstić information content (AvgIpc) is 3.39. The zero-order chi connectivity index (χ0) is 35.6. The first kappa shape index (κ1) is 33.6. The lowest BCUT2D eigenvalue weighted by atomic mass is 9.78. The van der Waals surface area contributed by atoms with Gasteiger partial charge in [-0.25, -0.2) is 4.79 Å². The Morgan fingerprint density at radius 2 is 1.44 bits per heavy atom. The third-order valence-corrected chi connectivity index (χ3v) is 10.7. The largest absolute Gasteiger partial charge is 0.514 e. The highest BCUT2D eigenvalue weighted by atomic mass is 16.7. The van der Waals surface area contributed by atoms with E-state index >= 15 is 0 Å². The van der Waals surface area contributed by atoms with Gasteiger partial charge in [0.25, 0.3) is 0 Å². The van der Waals surface area contributed by atoms with Crippen LogP contribution in [0.1, 0.15) is 78.9 Å². The number of allylic oxidation sites excluding steroid dienone is 7. The van der Waals surface area contributed by atoms with Crippen molar-refractivity contribution in [3.05, 3.63) is 131 Å². The van der Waals surface area contributed by atoms with Crippen molar-refractivity contribution in [2.75, 3.05) is 19.0 Å². The maximum Gasteiger partial charge on any atom is 0.514 e. The molecule has 0 aromatic heterocycles. The van der Waals surface area contributed by atoms with E-state index in [0.29, 0.717) is 5.76 Å². The predicted octanol–water partition coefficient (Wildman–Crippen LogP) is 11.2. The van der Waals surface area contributed by atoms with Crippen molar-refractivity contribution < 1.29 is 18.8 Å². The maximum absolute atomic E-state index is 13.2. The minimum atomic E-state index is -0.680. The summed E-state index contributed by atoms with van der Waals surface area (Å²) in [6.07, 6.45) is 10.7. The van der Waals surface area contributed by atoms with Crippen molar-refractivity contribution in [1.82, 2.24) is 0 Å². The highest BCUT2D eigenvalue weighted by molar-refractivity contribution is 6.07. The summed E-state index contributed by atoms with van der Waals surface area (Å²) in [4.78, 5) is 15.5. The van der Waals surface area contributed by atoms with Gasteiger partial charge >= 0.3 is 6.16 Å². The van der Waals surface area contributed by atoms with Gasteiger partial charge in [0.15, 0.2) is 5.71 Å². The van der Waals surface area contributed by atoms with Crippen LogP contribution in [0.2, 0.25) is 0 Å². The Kier molecular flexibility index (Phi) is 8.16. The molecule has 2 aliphatic heterocycles. The lowest BCUT2D eigenvalue weighted by molar-refractivity contribution is -0.401. The van der Waals surface area contributed by atoms with Crippen molar-refractivity contribution in [2.24, 2.45) is 0 Å². The van der Waals surface area contributed by atoms with Gasteiger partial charge < -0.3 is 14.4 Å². The van der Waals surface area contributed by atoms with Crippen molar-refractivity contribution >= 4 is 44.8 Å². The van der Waals surface area contributed by atoms with E-state index in [1.165, 1.54) is 55.5 Å². The molecule has 0 N–H and O–H groups in total. The van der Waals surface area contributed by atoms with Crippen LogP contribution in [0.4, 0.5) is 16.2 Å². The minimum absolute atomic E-state index is 0.218. The number of carbonyl (C=O) groups excluding carboxylic acids is 1. The Bertz CT molecular complexity index is 2220. The number of ether oxygens (including phenoxy) is 2. The first-order valence-corrected chi connectivity index (χ1v) is 17.8. The fraction of sp³-hybridized carbons (Fsp3) is 0.333. The molecule has 1 aliphatic carbocycles. The molecule has 0 radical (unpaired) electrons. The molecule has 0 saturated heterocycles. The summed E-state index contributed by atoms with van der Waals surface area (Å²) in [5.41, 5.74) is 8.41. The molecule has 0 atom stereocenters. The van der Waals surface area contributed by atoms with Crippen molar-refractivity contribution in [1.29, 1.82) is 0 Å². The highest BCUT2D eigenvalue weighted by Crippen LogP contribution is 2.50. The summed E-state index contributed by atoms with van der Waals surface area (Å²) in [5.74, 6) is 0.599. The van der Waals surface area contributed by atoms with Gasteiger partial charge in [-0.1, -0.05) is 74.5 Å². The normalized spacial score (nSPS) is 20.1. The fourth-order valence-corrected chi connectivity index (χ4v) is 8.45. The number of rotatable bonds is 4. The second-order valence-corrected chi connectivity index (χ2v) is 16.0. The Balaban J connectivity index is 1.29. The number of carbonyl (C=O) groups is 1. The van der Waals surface area contributed by atoms with E-state index in [1.807, 2.05) is 20.8 Å². The molecule has 0 saturated carbocycles. The van der Waals surface area contributed by atoms with Gasteiger partial charge in [-0.2, -0.15) is 4.58 Å². The summed E-state index contributed by atoms with van der Waals surface area (Å²) < 4.78 is 14.1. The number of anilines is 1. The zero-order valence-corrected chi connectivity index (χ0v) is 31.0. The molecule has 256 valence electrons. The van der Waals surface area contributed by atoms with E-state index in [4.69, 9.17) is 9.47 Å². The Labute approximate surface area is 296 Å². The lowest BCUT2D eigenvalue weighted by Gasteiger charge is -2.26. The van der Waals surface area contributed by atoms with E-state index in [-0.39, 0.29) is 10.8 Å². The molecular formula is C45H49N2O3+. The molecule has 4 aromatic carbocycles. The van der Waals surface area contributed by atoms with Gasteiger partial charge in [0, 0.05) is 41.6 Å². The predicted molar refractivity (Wildman–Crippen MR) is 207 cm³/mol. The van der Waals surface area contributed by atoms with Crippen LogP contribution in [0.25, 0.3) is 21.5 Å². The van der Waals surface area contributed by atoms with Crippen LogP contribution in [0, 0.1) is 0 Å². The molecule has 5 heteroatoms. The Morgan fingerprint density at radius 3 is 2.12 bits per heavy atom. The molecule has 50 heavy (non-hydrogen) atoms. The van der Waals surface area contributed by atoms with E-state index in [0.717, 1.165) is 30.4 Å². The number of benzene rings is 4. The number of fused-ring (bicyclic) bond motifs is 6. The summed E-state index contributed by atoms with van der Waals surface area (Å²) in [7, 11) is 4.29. The smallest absolute Gasteiger partial charge is 0.428 e. The van der Waals surface area contributed by atoms with E-state index in [2.05, 4.69) is 148 Å². The van der Waals surface area contributed by atoms with Crippen LogP contribution in [-0.4, -0.2) is 36.1 Å². The number of hydrogen-bond acceptors (Lipinski definition) is 4. The van der Waals surface area contributed by atoms with Crippen LogP contribution in [0.15, 0.2) is 120 Å². The standard InChI is InChI=1S/C45H49N2O3/c1-43(2,3)50-42(48)49-41-31(23-27-37-44(4,5)39-33-19-12-10-15-29(33)21-25-35(39)46(37)8)17-14-18-32(41)24-28-38-45(6,7)40-34-20-13-11-16-30(34)22-26-36(40)47(38)9/h10-13,15-16,19-28H,14,17-18H2,1-9H3/q+1. The number of nitrogens with zero attached hydrogens (tertiary/aromatic N) is 2. The van der Waals surface area contributed by atoms with E-state index in [9.17, 15) is 4.79 Å². The second kappa shape index (κ2) is 12.2. The first-order chi connectivity index (χ1) is 23.7. The highest BCUT2D eigenvalue weighted by Gasteiger charge is 2.44. The molecule has 2 heterocycles. The van der Waals surface area contributed by atoms with E-state index < -0.39 is 11.8 Å². The molecular weight excluding hydrogens is 617 g/mol. The lowest BCUT2D eigenvalue weighted by Crippen LogP contribution is -2.27. The third kappa shape index (κ3) is 5.67. The Hall–Kier alpha value is -4.90. The van der Waals surface area contributed by atoms with Crippen LogP contribution in [0.3, 0.4) is 0 Å². The summed E-state index contributed by atoms with van der Waals surface area (Å²) in [5, 5.41) is 5.06. The first-order valence-electron chi connectivity index (χ1n) is 17.8. The molecule has 4 aromatic rings. The van der Waals surface area contributed by atoms with E-state index in [1.54, 1.807) is 0 Å². The zero-order valence-electron chi connectivity index (χ0n) is 31.0. The maximum atomic E-state index is 13.2. The fourth-order valence-electron chi connectivity index (χ4n) is 8.45. The van der Waals surface area contributed by atoms with Crippen molar-refractivity contribution in [3.8, 4) is 0 Å². The van der Waals surface area contributed by atoms with Crippen LogP contribution in [-0.2, 0) is 20.3 Å². The molecule has 0 spiro atoms. The summed E-state index contributed by atoms with van der Waals surface area (Å²) >= 11 is 0. The van der Waals surface area contributed by atoms with Crippen molar-refractivity contribution in [2.45, 2.75) is 84.2 Å². The average molecular weight is 666 g/mol. The summed E-state index contributed by atoms with van der Waals surface area (Å²) in [6.45, 7) is 14.8. The SMILES string of the molecule is CN1/C(=C/C=C2\CCCC(/C=C/C3=[N+](C)c4ccc5ccccc5c4C3(C)C)=C2OC(=O)OC(C)(C)C)C(C)(C)c2c1ccc1ccccc21. The molecule has 0 fully saturated rings. The third-order valence-electron chi connectivity index (χ3n) is 10.7. The minimum Gasteiger partial charge on any atom is -0.428 e. The van der Waals surface area contributed by atoms with Gasteiger partial charge in [-0.15, -0.1) is 0 Å². The Morgan fingerprint density at radius 1 is 0.800 bits per heavy atom. The summed E-state index contributed by atoms with van der Waals surface area (Å²) in [6, 6.07) is 26.1. The number of hydrogen-bond donors (Lipinski definition) is 0. The molecule has 5 nitrogen and oxygen atoms in total. The molecule has 0 unspecified atom stereocenters. The van der Waals surface area contributed by atoms with Crippen molar-refractivity contribution in [3.63, 3.8) is 0 Å².